The van der Waals surface area contributed by atoms with E-state index in [4.69, 9.17) is 4.74 Å². The number of hydrogen-bond donors (Lipinski definition) is 1. The molecule has 232 valence electrons. The van der Waals surface area contributed by atoms with Gasteiger partial charge in [0.2, 0.25) is 0 Å². The topological polar surface area (TPSA) is 111 Å². The van der Waals surface area contributed by atoms with Gasteiger partial charge in [0.25, 0.3) is 5.91 Å². The number of aromatic nitrogens is 3. The van der Waals surface area contributed by atoms with Gasteiger partial charge in [0.15, 0.2) is 0 Å². The lowest BCUT2D eigenvalue weighted by molar-refractivity contribution is -0.137. The van der Waals surface area contributed by atoms with Crippen molar-refractivity contribution in [3.05, 3.63) is 71.6 Å². The quantitative estimate of drug-likeness (QED) is 0.402. The van der Waals surface area contributed by atoms with Crippen LogP contribution in [0.2, 0.25) is 0 Å². The molecule has 1 atom stereocenters. The highest BCUT2D eigenvalue weighted by Gasteiger charge is 2.31. The number of carbonyl (C=O) groups is 1. The predicted molar refractivity (Wildman–Crippen MR) is 158 cm³/mol. The zero-order valence-electron chi connectivity index (χ0n) is 24.4. The summed E-state index contributed by atoms with van der Waals surface area (Å²) in [7, 11) is 0. The second-order valence-electron chi connectivity index (χ2n) is 11.3. The van der Waals surface area contributed by atoms with Crippen molar-refractivity contribution in [1.82, 2.24) is 19.9 Å². The second kappa shape index (κ2) is 12.8. The van der Waals surface area contributed by atoms with Crippen molar-refractivity contribution in [2.75, 3.05) is 67.7 Å². The van der Waals surface area contributed by atoms with E-state index in [2.05, 4.69) is 46.5 Å². The minimum absolute atomic E-state index is 0.242. The number of morpholine rings is 1. The summed E-state index contributed by atoms with van der Waals surface area (Å²) in [6.45, 7) is 9.05. The molecule has 0 spiro atoms. The molecule has 1 N–H and O–H groups in total. The first kappa shape index (κ1) is 29.9. The molecule has 6 heterocycles. The number of nitrogens with zero attached hydrogens (tertiary/aromatic N) is 8. The van der Waals surface area contributed by atoms with Crippen LogP contribution >= 0.6 is 0 Å². The summed E-state index contributed by atoms with van der Waals surface area (Å²) in [6.07, 6.45) is 3.80. The molecule has 1 unspecified atom stereocenters. The van der Waals surface area contributed by atoms with Crippen LogP contribution in [0.5, 0.6) is 0 Å². The zero-order chi connectivity index (χ0) is 30.7. The van der Waals surface area contributed by atoms with Crippen molar-refractivity contribution in [3.63, 3.8) is 0 Å². The van der Waals surface area contributed by atoms with Gasteiger partial charge in [0, 0.05) is 50.7 Å². The number of ether oxygens (including phenoxy) is 1. The lowest BCUT2D eigenvalue weighted by atomic mass is 9.95. The van der Waals surface area contributed by atoms with Crippen LogP contribution in [0.4, 0.5) is 30.2 Å². The number of pyridine rings is 3. The van der Waals surface area contributed by atoms with Crippen molar-refractivity contribution < 1.29 is 22.7 Å². The number of carbonyl (C=O) groups excluding carboxylic acids is 1. The summed E-state index contributed by atoms with van der Waals surface area (Å²) in [4.78, 5) is 30.2. The Morgan fingerprint density at radius 3 is 2.61 bits per heavy atom. The summed E-state index contributed by atoms with van der Waals surface area (Å²) >= 11 is 0. The van der Waals surface area contributed by atoms with Crippen molar-refractivity contribution in [1.29, 1.82) is 0 Å². The Hall–Kier alpha value is -4.17. The monoisotopic (exact) mass is 609 g/mol. The van der Waals surface area contributed by atoms with E-state index in [9.17, 15) is 18.0 Å². The molecule has 3 aromatic heterocycles. The molecule has 14 heteroatoms. The average molecular weight is 610 g/mol. The van der Waals surface area contributed by atoms with Gasteiger partial charge in [-0.05, 0) is 49.9 Å². The maximum absolute atomic E-state index is 13.1. The molecule has 0 saturated carbocycles. The summed E-state index contributed by atoms with van der Waals surface area (Å²) in [5, 5.41) is 13.1. The Morgan fingerprint density at radius 2 is 1.84 bits per heavy atom. The molecule has 0 bridgehead atoms. The van der Waals surface area contributed by atoms with E-state index in [1.807, 2.05) is 19.3 Å². The molecule has 2 fully saturated rings. The minimum Gasteiger partial charge on any atom is -0.379 e. The molecular weight excluding hydrogens is 575 g/mol. The summed E-state index contributed by atoms with van der Waals surface area (Å²) in [5.41, 5.74) is 2.31. The Bertz CT molecular complexity index is 1510. The molecule has 3 aliphatic heterocycles. The first-order chi connectivity index (χ1) is 21.2. The standard InChI is InChI=1S/C30H34F3N9O2/c1-20-28(14-24(16-36-20)37-29(43)26-13-23(2-5-35-26)30(31,32)33)42-19-27(38-39-42)22-12-25(17-34-15-22)41-6-3-21(4-7-41)18-40-8-10-44-11-9-40/h2,5,12-17,21,27H,3-4,6-11,18-19H2,1H3,(H,37,43). The molecule has 2 saturated heterocycles. The lowest BCUT2D eigenvalue weighted by Crippen LogP contribution is -2.43. The molecule has 1 amide bonds. The fourth-order valence-corrected chi connectivity index (χ4v) is 5.78. The SMILES string of the molecule is Cc1ncc(NC(=O)c2cc(C(F)(F)F)ccn2)cc1N1CC(c2cncc(N3CCC(CN4CCOCC4)CC3)c2)N=N1. The summed E-state index contributed by atoms with van der Waals surface area (Å²) < 4.78 is 44.7. The van der Waals surface area contributed by atoms with E-state index < -0.39 is 17.6 Å². The van der Waals surface area contributed by atoms with Gasteiger partial charge in [-0.1, -0.05) is 5.22 Å². The fourth-order valence-electron chi connectivity index (χ4n) is 5.78. The molecule has 0 aromatic carbocycles. The first-order valence-corrected chi connectivity index (χ1v) is 14.7. The van der Waals surface area contributed by atoms with Crippen LogP contribution in [0.1, 0.15) is 46.2 Å². The van der Waals surface area contributed by atoms with Gasteiger partial charge in [0.05, 0.1) is 60.5 Å². The molecule has 0 radical (unpaired) electrons. The van der Waals surface area contributed by atoms with Crippen LogP contribution < -0.4 is 15.2 Å². The summed E-state index contributed by atoms with van der Waals surface area (Å²) in [5.74, 6) is -0.0851. The van der Waals surface area contributed by atoms with Gasteiger partial charge in [-0.2, -0.15) is 18.3 Å². The molecule has 44 heavy (non-hydrogen) atoms. The van der Waals surface area contributed by atoms with Crippen molar-refractivity contribution in [2.45, 2.75) is 32.0 Å². The van der Waals surface area contributed by atoms with Crippen LogP contribution in [-0.4, -0.2) is 78.2 Å². The Kier molecular flexibility index (Phi) is 8.71. The first-order valence-electron chi connectivity index (χ1n) is 14.7. The maximum atomic E-state index is 13.1. The zero-order valence-corrected chi connectivity index (χ0v) is 24.4. The van der Waals surface area contributed by atoms with Gasteiger partial charge in [-0.3, -0.25) is 24.6 Å². The third-order valence-corrected chi connectivity index (χ3v) is 8.29. The number of rotatable bonds is 7. The normalized spacial score (nSPS) is 19.9. The maximum Gasteiger partial charge on any atom is 0.416 e. The third-order valence-electron chi connectivity index (χ3n) is 8.29. The van der Waals surface area contributed by atoms with Crippen molar-refractivity contribution in [2.24, 2.45) is 16.3 Å². The predicted octanol–water partition coefficient (Wildman–Crippen LogP) is 4.93. The molecule has 3 aromatic rings. The summed E-state index contributed by atoms with van der Waals surface area (Å²) in [6, 6.07) is 5.09. The van der Waals surface area contributed by atoms with Gasteiger partial charge in [0.1, 0.15) is 11.7 Å². The van der Waals surface area contributed by atoms with Gasteiger partial charge in [-0.15, -0.1) is 0 Å². The Balaban J connectivity index is 1.07. The van der Waals surface area contributed by atoms with Gasteiger partial charge in [-0.25, -0.2) is 5.01 Å². The van der Waals surface area contributed by atoms with Crippen molar-refractivity contribution >= 4 is 23.0 Å². The number of nitrogens with one attached hydrogen (secondary N) is 1. The van der Waals surface area contributed by atoms with Crippen LogP contribution in [0.3, 0.4) is 0 Å². The third kappa shape index (κ3) is 6.97. The number of halogens is 3. The van der Waals surface area contributed by atoms with E-state index in [1.165, 1.54) is 6.20 Å². The molecule has 11 nitrogen and oxygen atoms in total. The van der Waals surface area contributed by atoms with E-state index in [1.54, 1.807) is 11.1 Å². The minimum atomic E-state index is -4.58. The molecule has 0 aliphatic carbocycles. The Labute approximate surface area is 253 Å². The number of aryl methyl sites for hydroxylation is 1. The van der Waals surface area contributed by atoms with E-state index in [-0.39, 0.29) is 11.7 Å². The van der Waals surface area contributed by atoms with Crippen molar-refractivity contribution in [3.8, 4) is 0 Å². The van der Waals surface area contributed by atoms with E-state index in [0.29, 0.717) is 35.6 Å². The lowest BCUT2D eigenvalue weighted by Gasteiger charge is -2.37. The highest BCUT2D eigenvalue weighted by Crippen LogP contribution is 2.34. The molecular formula is C30H34F3N9O2. The van der Waals surface area contributed by atoms with Crippen LogP contribution in [0.15, 0.2) is 59.4 Å². The van der Waals surface area contributed by atoms with Gasteiger partial charge < -0.3 is 15.0 Å². The smallest absolute Gasteiger partial charge is 0.379 e. The van der Waals surface area contributed by atoms with Crippen LogP contribution in [0.25, 0.3) is 0 Å². The average Bonchev–Trinajstić information content (AvgIpc) is 3.53. The second-order valence-corrected chi connectivity index (χ2v) is 11.3. The number of piperidine rings is 1. The Morgan fingerprint density at radius 1 is 1.05 bits per heavy atom. The molecule has 3 aliphatic rings. The van der Waals surface area contributed by atoms with Crippen LogP contribution in [-0.2, 0) is 10.9 Å². The number of hydrogen-bond acceptors (Lipinski definition) is 10. The largest absolute Gasteiger partial charge is 0.416 e. The van der Waals surface area contributed by atoms with E-state index >= 15 is 0 Å². The van der Waals surface area contributed by atoms with E-state index in [0.717, 1.165) is 82.3 Å². The van der Waals surface area contributed by atoms with Gasteiger partial charge >= 0.3 is 6.18 Å². The number of anilines is 3. The highest BCUT2D eigenvalue weighted by atomic mass is 19.4. The number of amides is 1. The molecule has 6 rings (SSSR count). The number of alkyl halides is 3. The highest BCUT2D eigenvalue weighted by molar-refractivity contribution is 6.03. The van der Waals surface area contributed by atoms with Crippen LogP contribution in [0, 0.1) is 12.8 Å². The fraction of sp³-hybridized carbons (Fsp3) is 0.467.